The summed E-state index contributed by atoms with van der Waals surface area (Å²) in [5.74, 6) is 0.791. The van der Waals surface area contributed by atoms with Crippen molar-refractivity contribution in [1.29, 1.82) is 0 Å². The molecule has 3 aromatic rings. The van der Waals surface area contributed by atoms with Gasteiger partial charge in [0.2, 0.25) is 0 Å². The third-order valence-corrected chi connectivity index (χ3v) is 5.72. The molecule has 0 aliphatic heterocycles. The number of nitrogens with zero attached hydrogens (tertiary/aromatic N) is 2. The van der Waals surface area contributed by atoms with Gasteiger partial charge in [0.05, 0.1) is 11.7 Å². The Morgan fingerprint density at radius 3 is 2.44 bits per heavy atom. The number of hydrogen-bond acceptors (Lipinski definition) is 4. The Hall–Kier alpha value is -2.66. The molecule has 0 N–H and O–H groups in total. The Morgan fingerprint density at radius 1 is 1.11 bits per heavy atom. The van der Waals surface area contributed by atoms with E-state index in [-0.39, 0.29) is 11.9 Å². The van der Waals surface area contributed by atoms with E-state index in [1.54, 1.807) is 4.90 Å². The number of ether oxygens (including phenoxy) is 1. The molecule has 0 unspecified atom stereocenters. The van der Waals surface area contributed by atoms with Crippen LogP contribution in [0.5, 0.6) is 5.75 Å². The van der Waals surface area contributed by atoms with Crippen molar-refractivity contribution in [2.75, 3.05) is 7.05 Å². The van der Waals surface area contributed by atoms with Crippen LogP contribution in [-0.4, -0.2) is 22.8 Å². The van der Waals surface area contributed by atoms with Crippen LogP contribution >= 0.6 is 11.3 Å². The van der Waals surface area contributed by atoms with Gasteiger partial charge in [0, 0.05) is 7.05 Å². The van der Waals surface area contributed by atoms with E-state index >= 15 is 0 Å². The standard InChI is InChI=1S/C22H24N2O2S/c1-15-10-12-19(13-11-15)26-14-20-23-16(2)21(27-20)22(25)24(4)17(3)18-8-6-5-7-9-18/h5-13,17H,14H2,1-4H3/t17-/m0/s1. The molecule has 2 aromatic carbocycles. The Balaban J connectivity index is 1.69. The number of aryl methyl sites for hydroxylation is 2. The fraction of sp³-hybridized carbons (Fsp3) is 0.273. The summed E-state index contributed by atoms with van der Waals surface area (Å²) in [4.78, 5) is 19.9. The van der Waals surface area contributed by atoms with E-state index in [0.29, 0.717) is 11.5 Å². The van der Waals surface area contributed by atoms with Crippen molar-refractivity contribution in [3.63, 3.8) is 0 Å². The minimum absolute atomic E-state index is 0.00698. The molecule has 0 spiro atoms. The zero-order valence-electron chi connectivity index (χ0n) is 16.1. The predicted octanol–water partition coefficient (Wildman–Crippen LogP) is 5.17. The van der Waals surface area contributed by atoms with Crippen molar-refractivity contribution < 1.29 is 9.53 Å². The Morgan fingerprint density at radius 2 is 1.78 bits per heavy atom. The van der Waals surface area contributed by atoms with Crippen molar-refractivity contribution >= 4 is 17.2 Å². The van der Waals surface area contributed by atoms with E-state index in [0.717, 1.165) is 22.0 Å². The van der Waals surface area contributed by atoms with Gasteiger partial charge in [-0.25, -0.2) is 4.98 Å². The van der Waals surface area contributed by atoms with Crippen molar-refractivity contribution in [2.24, 2.45) is 0 Å². The summed E-state index contributed by atoms with van der Waals surface area (Å²) in [5.41, 5.74) is 3.05. The molecule has 0 bridgehead atoms. The van der Waals surface area contributed by atoms with Crippen LogP contribution in [0.1, 0.15) is 44.5 Å². The van der Waals surface area contributed by atoms with E-state index < -0.39 is 0 Å². The molecular weight excluding hydrogens is 356 g/mol. The summed E-state index contributed by atoms with van der Waals surface area (Å²) in [5, 5.41) is 0.803. The molecule has 0 saturated carbocycles. The summed E-state index contributed by atoms with van der Waals surface area (Å²) in [7, 11) is 1.83. The van der Waals surface area contributed by atoms with Gasteiger partial charge in [-0.05, 0) is 38.5 Å². The highest BCUT2D eigenvalue weighted by Gasteiger charge is 2.23. The lowest BCUT2D eigenvalue weighted by Crippen LogP contribution is -2.29. The third kappa shape index (κ3) is 4.55. The number of carbonyl (C=O) groups is 1. The number of benzene rings is 2. The topological polar surface area (TPSA) is 42.4 Å². The van der Waals surface area contributed by atoms with Crippen LogP contribution in [0.25, 0.3) is 0 Å². The Kier molecular flexibility index (Phi) is 5.91. The SMILES string of the molecule is Cc1ccc(OCc2nc(C)c(C(=O)N(C)[C@@H](C)c3ccccc3)s2)cc1. The second-order valence-electron chi connectivity index (χ2n) is 6.63. The van der Waals surface area contributed by atoms with Crippen LogP contribution in [-0.2, 0) is 6.61 Å². The van der Waals surface area contributed by atoms with E-state index in [1.807, 2.05) is 82.4 Å². The smallest absolute Gasteiger partial charge is 0.266 e. The third-order valence-electron chi connectivity index (χ3n) is 4.60. The molecule has 3 rings (SSSR count). The molecule has 1 amide bonds. The van der Waals surface area contributed by atoms with E-state index in [4.69, 9.17) is 4.74 Å². The van der Waals surface area contributed by atoms with Gasteiger partial charge in [-0.15, -0.1) is 11.3 Å². The van der Waals surface area contributed by atoms with Gasteiger partial charge in [0.1, 0.15) is 22.2 Å². The molecule has 5 heteroatoms. The van der Waals surface area contributed by atoms with Crippen molar-refractivity contribution in [2.45, 2.75) is 33.4 Å². The average Bonchev–Trinajstić information content (AvgIpc) is 3.07. The van der Waals surface area contributed by atoms with Crippen molar-refractivity contribution in [1.82, 2.24) is 9.88 Å². The zero-order chi connectivity index (χ0) is 19.4. The maximum atomic E-state index is 13.0. The fourth-order valence-corrected chi connectivity index (χ4v) is 3.74. The molecule has 1 atom stereocenters. The summed E-state index contributed by atoms with van der Waals surface area (Å²) in [6.07, 6.45) is 0. The zero-order valence-corrected chi connectivity index (χ0v) is 16.9. The quantitative estimate of drug-likeness (QED) is 0.592. The maximum Gasteiger partial charge on any atom is 0.266 e. The maximum absolute atomic E-state index is 13.0. The lowest BCUT2D eigenvalue weighted by molar-refractivity contribution is 0.0746. The lowest BCUT2D eigenvalue weighted by Gasteiger charge is -2.25. The van der Waals surface area contributed by atoms with E-state index in [9.17, 15) is 4.79 Å². The fourth-order valence-electron chi connectivity index (χ4n) is 2.78. The van der Waals surface area contributed by atoms with Crippen LogP contribution in [0.3, 0.4) is 0 Å². The highest BCUT2D eigenvalue weighted by molar-refractivity contribution is 7.13. The molecule has 0 aliphatic rings. The number of rotatable bonds is 6. The number of aromatic nitrogens is 1. The Labute approximate surface area is 164 Å². The number of thiazole rings is 1. The minimum Gasteiger partial charge on any atom is -0.486 e. The first kappa shape index (κ1) is 19.1. The van der Waals surface area contributed by atoms with Crippen LogP contribution in [0.2, 0.25) is 0 Å². The van der Waals surface area contributed by atoms with Gasteiger partial charge in [-0.3, -0.25) is 4.79 Å². The highest BCUT2D eigenvalue weighted by atomic mass is 32.1. The number of carbonyl (C=O) groups excluding carboxylic acids is 1. The van der Waals surface area contributed by atoms with Crippen LogP contribution in [0, 0.1) is 13.8 Å². The predicted molar refractivity (Wildman–Crippen MR) is 109 cm³/mol. The molecule has 1 heterocycles. The molecule has 4 nitrogen and oxygen atoms in total. The summed E-state index contributed by atoms with van der Waals surface area (Å²) >= 11 is 1.40. The second-order valence-corrected chi connectivity index (χ2v) is 7.71. The van der Waals surface area contributed by atoms with Gasteiger partial charge >= 0.3 is 0 Å². The van der Waals surface area contributed by atoms with Gasteiger partial charge < -0.3 is 9.64 Å². The van der Waals surface area contributed by atoms with E-state index in [1.165, 1.54) is 16.9 Å². The first-order valence-electron chi connectivity index (χ1n) is 8.93. The molecular formula is C22H24N2O2S. The van der Waals surface area contributed by atoms with Gasteiger partial charge in [0.25, 0.3) is 5.91 Å². The summed E-state index contributed by atoms with van der Waals surface area (Å²) in [6, 6.07) is 17.9. The van der Waals surface area contributed by atoms with Gasteiger partial charge in [-0.2, -0.15) is 0 Å². The molecule has 0 radical (unpaired) electrons. The van der Waals surface area contributed by atoms with Crippen molar-refractivity contribution in [3.05, 3.63) is 81.3 Å². The number of amides is 1. The molecule has 0 aliphatic carbocycles. The van der Waals surface area contributed by atoms with Crippen LogP contribution in [0.15, 0.2) is 54.6 Å². The molecule has 140 valence electrons. The largest absolute Gasteiger partial charge is 0.486 e. The second kappa shape index (κ2) is 8.35. The monoisotopic (exact) mass is 380 g/mol. The first-order chi connectivity index (χ1) is 13.0. The average molecular weight is 381 g/mol. The highest BCUT2D eigenvalue weighted by Crippen LogP contribution is 2.26. The van der Waals surface area contributed by atoms with Gasteiger partial charge in [0.15, 0.2) is 0 Å². The summed E-state index contributed by atoms with van der Waals surface area (Å²) < 4.78 is 5.80. The van der Waals surface area contributed by atoms with Crippen LogP contribution < -0.4 is 4.74 Å². The molecule has 0 fully saturated rings. The number of hydrogen-bond donors (Lipinski definition) is 0. The van der Waals surface area contributed by atoms with Crippen LogP contribution in [0.4, 0.5) is 0 Å². The Bertz CT molecular complexity index is 904. The van der Waals surface area contributed by atoms with Gasteiger partial charge in [-0.1, -0.05) is 48.0 Å². The molecule has 1 aromatic heterocycles. The summed E-state index contributed by atoms with van der Waals surface area (Å²) in [6.45, 7) is 6.31. The lowest BCUT2D eigenvalue weighted by atomic mass is 10.1. The molecule has 27 heavy (non-hydrogen) atoms. The normalized spacial score (nSPS) is 11.9. The van der Waals surface area contributed by atoms with E-state index in [2.05, 4.69) is 4.98 Å². The first-order valence-corrected chi connectivity index (χ1v) is 9.75. The van der Waals surface area contributed by atoms with Crippen molar-refractivity contribution in [3.8, 4) is 5.75 Å². The minimum atomic E-state index is -0.0112. The molecule has 0 saturated heterocycles.